The van der Waals surface area contributed by atoms with E-state index < -0.39 is 0 Å². The zero-order valence-electron chi connectivity index (χ0n) is 15.2. The molecule has 0 saturated carbocycles. The van der Waals surface area contributed by atoms with Crippen LogP contribution in [0.25, 0.3) is 0 Å². The number of nitrogens with zero attached hydrogens (tertiary/aromatic N) is 1. The molecule has 6 nitrogen and oxygen atoms in total. The molecule has 0 atom stereocenters. The van der Waals surface area contributed by atoms with Gasteiger partial charge in [-0.25, -0.2) is 4.98 Å². The van der Waals surface area contributed by atoms with E-state index in [2.05, 4.69) is 15.6 Å². The second-order valence-corrected chi connectivity index (χ2v) is 7.68. The number of amides is 2. The summed E-state index contributed by atoms with van der Waals surface area (Å²) in [7, 11) is 0. The highest BCUT2D eigenvalue weighted by Gasteiger charge is 2.09. The largest absolute Gasteiger partial charge is 0.492 e. The summed E-state index contributed by atoms with van der Waals surface area (Å²) in [6.45, 7) is 0.352. The Hall–Kier alpha value is -2.61. The molecule has 9 heteroatoms. The molecule has 0 saturated heterocycles. The fourth-order valence-electron chi connectivity index (χ4n) is 2.39. The van der Waals surface area contributed by atoms with E-state index in [0.29, 0.717) is 45.2 Å². The number of ether oxygens (including phenoxy) is 1. The van der Waals surface area contributed by atoms with Crippen molar-refractivity contribution in [1.29, 1.82) is 0 Å². The van der Waals surface area contributed by atoms with Crippen molar-refractivity contribution >= 4 is 57.2 Å². The number of halogens is 2. The Labute approximate surface area is 181 Å². The van der Waals surface area contributed by atoms with Crippen molar-refractivity contribution in [3.63, 3.8) is 0 Å². The number of thiazole rings is 1. The Bertz CT molecular complexity index is 979. The molecule has 3 aromatic rings. The fourth-order valence-corrected chi connectivity index (χ4v) is 3.38. The Morgan fingerprint density at radius 1 is 1.07 bits per heavy atom. The van der Waals surface area contributed by atoms with Crippen LogP contribution in [0.15, 0.2) is 54.0 Å². The molecule has 1 aromatic heterocycles. The Morgan fingerprint density at radius 3 is 2.55 bits per heavy atom. The van der Waals surface area contributed by atoms with Crippen molar-refractivity contribution in [3.8, 4) is 5.75 Å². The van der Waals surface area contributed by atoms with Gasteiger partial charge < -0.3 is 10.1 Å². The van der Waals surface area contributed by atoms with Gasteiger partial charge in [0.05, 0.1) is 11.6 Å². The van der Waals surface area contributed by atoms with Gasteiger partial charge in [0.2, 0.25) is 5.91 Å². The van der Waals surface area contributed by atoms with E-state index >= 15 is 0 Å². The number of carbonyl (C=O) groups excluding carboxylic acids is 2. The summed E-state index contributed by atoms with van der Waals surface area (Å²) in [5, 5.41) is 8.78. The molecule has 2 N–H and O–H groups in total. The number of nitrogens with one attached hydrogen (secondary N) is 2. The van der Waals surface area contributed by atoms with Crippen molar-refractivity contribution in [1.82, 2.24) is 4.98 Å². The quantitative estimate of drug-likeness (QED) is 0.444. The molecule has 0 aliphatic rings. The molecular weight excluding hydrogens is 433 g/mol. The summed E-state index contributed by atoms with van der Waals surface area (Å²) in [6.07, 6.45) is 2.44. The van der Waals surface area contributed by atoms with Gasteiger partial charge in [-0.15, -0.1) is 11.3 Å². The van der Waals surface area contributed by atoms with E-state index in [1.807, 2.05) is 0 Å². The monoisotopic (exact) mass is 449 g/mol. The van der Waals surface area contributed by atoms with Gasteiger partial charge in [-0.2, -0.15) is 0 Å². The summed E-state index contributed by atoms with van der Waals surface area (Å²) < 4.78 is 5.56. The molecule has 3 rings (SSSR count). The molecule has 2 amide bonds. The van der Waals surface area contributed by atoms with Crippen LogP contribution >= 0.6 is 34.5 Å². The maximum Gasteiger partial charge on any atom is 0.257 e. The van der Waals surface area contributed by atoms with Gasteiger partial charge in [-0.3, -0.25) is 14.9 Å². The average molecular weight is 450 g/mol. The van der Waals surface area contributed by atoms with Crippen LogP contribution in [-0.2, 0) is 4.79 Å². The number of hydrogen-bond donors (Lipinski definition) is 2. The SMILES string of the molecule is O=C(CCCOc1ccc(Cl)cc1Cl)Nc1ccc(C(=O)Nc2nccs2)cc1. The first kappa shape index (κ1) is 21.1. The molecule has 0 aliphatic heterocycles. The highest BCUT2D eigenvalue weighted by atomic mass is 35.5. The van der Waals surface area contributed by atoms with E-state index in [4.69, 9.17) is 27.9 Å². The minimum atomic E-state index is -0.254. The number of carbonyl (C=O) groups is 2. The lowest BCUT2D eigenvalue weighted by atomic mass is 10.2. The second kappa shape index (κ2) is 10.2. The van der Waals surface area contributed by atoms with E-state index in [1.165, 1.54) is 11.3 Å². The van der Waals surface area contributed by atoms with Crippen molar-refractivity contribution in [3.05, 3.63) is 69.7 Å². The minimum Gasteiger partial charge on any atom is -0.492 e. The highest BCUT2D eigenvalue weighted by Crippen LogP contribution is 2.27. The van der Waals surface area contributed by atoms with Gasteiger partial charge >= 0.3 is 0 Å². The van der Waals surface area contributed by atoms with Crippen LogP contribution in [0.3, 0.4) is 0 Å². The predicted octanol–water partition coefficient (Wildman–Crippen LogP) is 5.50. The van der Waals surface area contributed by atoms with Gasteiger partial charge in [0.1, 0.15) is 5.75 Å². The third-order valence-corrected chi connectivity index (χ3v) is 5.00. The van der Waals surface area contributed by atoms with Crippen molar-refractivity contribution in [2.45, 2.75) is 12.8 Å². The first-order valence-electron chi connectivity index (χ1n) is 8.70. The number of anilines is 2. The molecule has 0 unspecified atom stereocenters. The van der Waals surface area contributed by atoms with Crippen LogP contribution < -0.4 is 15.4 Å². The van der Waals surface area contributed by atoms with Crippen molar-refractivity contribution in [2.75, 3.05) is 17.2 Å². The number of aromatic nitrogens is 1. The first-order chi connectivity index (χ1) is 14.0. The fraction of sp³-hybridized carbons (Fsp3) is 0.150. The van der Waals surface area contributed by atoms with Crippen LogP contribution in [0.2, 0.25) is 10.0 Å². The Kier molecular flexibility index (Phi) is 7.46. The molecule has 0 radical (unpaired) electrons. The molecule has 150 valence electrons. The lowest BCUT2D eigenvalue weighted by Gasteiger charge is -2.09. The lowest BCUT2D eigenvalue weighted by Crippen LogP contribution is -2.14. The topological polar surface area (TPSA) is 80.3 Å². The van der Waals surface area contributed by atoms with Crippen LogP contribution in [0.4, 0.5) is 10.8 Å². The molecule has 0 aliphatic carbocycles. The number of rotatable bonds is 8. The van der Waals surface area contributed by atoms with Crippen molar-refractivity contribution < 1.29 is 14.3 Å². The van der Waals surface area contributed by atoms with Crippen LogP contribution in [0, 0.1) is 0 Å². The number of hydrogen-bond acceptors (Lipinski definition) is 5. The van der Waals surface area contributed by atoms with E-state index in [9.17, 15) is 9.59 Å². The molecule has 1 heterocycles. The summed E-state index contributed by atoms with van der Waals surface area (Å²) >= 11 is 13.2. The third-order valence-electron chi connectivity index (χ3n) is 3.78. The van der Waals surface area contributed by atoms with Crippen molar-refractivity contribution in [2.24, 2.45) is 0 Å². The van der Waals surface area contributed by atoms with E-state index in [0.717, 1.165) is 0 Å². The summed E-state index contributed by atoms with van der Waals surface area (Å²) in [6, 6.07) is 11.6. The normalized spacial score (nSPS) is 10.4. The smallest absolute Gasteiger partial charge is 0.257 e. The number of benzene rings is 2. The molecular formula is C20H17Cl2N3O3S. The van der Waals surface area contributed by atoms with Crippen LogP contribution in [-0.4, -0.2) is 23.4 Å². The molecule has 0 fully saturated rings. The molecule has 2 aromatic carbocycles. The zero-order chi connectivity index (χ0) is 20.6. The highest BCUT2D eigenvalue weighted by molar-refractivity contribution is 7.13. The summed E-state index contributed by atoms with van der Waals surface area (Å²) in [5.41, 5.74) is 1.09. The van der Waals surface area contributed by atoms with Gasteiger partial charge in [0, 0.05) is 34.3 Å². The van der Waals surface area contributed by atoms with Gasteiger partial charge in [-0.1, -0.05) is 23.2 Å². The second-order valence-electron chi connectivity index (χ2n) is 5.94. The molecule has 0 spiro atoms. The molecule has 0 bridgehead atoms. The summed E-state index contributed by atoms with van der Waals surface area (Å²) in [5.74, 6) is 0.134. The Balaban J connectivity index is 1.41. The average Bonchev–Trinajstić information content (AvgIpc) is 3.20. The zero-order valence-corrected chi connectivity index (χ0v) is 17.5. The van der Waals surface area contributed by atoms with Crippen LogP contribution in [0.5, 0.6) is 5.75 Å². The van der Waals surface area contributed by atoms with Gasteiger partial charge in [0.25, 0.3) is 5.91 Å². The third kappa shape index (κ3) is 6.45. The maximum absolute atomic E-state index is 12.1. The van der Waals surface area contributed by atoms with Crippen LogP contribution in [0.1, 0.15) is 23.2 Å². The standard InChI is InChI=1S/C20H17Cl2N3O3S/c21-14-5-8-17(16(22)12-14)28-10-1-2-18(26)24-15-6-3-13(4-7-15)19(27)25-20-23-9-11-29-20/h3-9,11-12H,1-2,10H2,(H,24,26)(H,23,25,27). The lowest BCUT2D eigenvalue weighted by molar-refractivity contribution is -0.116. The Morgan fingerprint density at radius 2 is 1.86 bits per heavy atom. The minimum absolute atomic E-state index is 0.143. The van der Waals surface area contributed by atoms with E-state index in [-0.39, 0.29) is 18.2 Å². The van der Waals surface area contributed by atoms with Gasteiger partial charge in [0.15, 0.2) is 5.13 Å². The first-order valence-corrected chi connectivity index (χ1v) is 10.3. The summed E-state index contributed by atoms with van der Waals surface area (Å²) in [4.78, 5) is 28.2. The molecule has 29 heavy (non-hydrogen) atoms. The van der Waals surface area contributed by atoms with Gasteiger partial charge in [-0.05, 0) is 48.9 Å². The maximum atomic E-state index is 12.1. The van der Waals surface area contributed by atoms with E-state index in [1.54, 1.807) is 54.0 Å². The predicted molar refractivity (Wildman–Crippen MR) is 116 cm³/mol.